The summed E-state index contributed by atoms with van der Waals surface area (Å²) in [5.41, 5.74) is 0.490. The second-order valence-corrected chi connectivity index (χ2v) is 4.70. The van der Waals surface area contributed by atoms with Crippen LogP contribution in [0.25, 0.3) is 0 Å². The molecule has 0 atom stereocenters. The molecule has 1 aromatic carbocycles. The van der Waals surface area contributed by atoms with Gasteiger partial charge in [0.25, 0.3) is 0 Å². The Morgan fingerprint density at radius 3 is 2.67 bits per heavy atom. The Morgan fingerprint density at radius 2 is 2.06 bits per heavy atom. The van der Waals surface area contributed by atoms with Crippen molar-refractivity contribution in [3.63, 3.8) is 0 Å². The quantitative estimate of drug-likeness (QED) is 0.479. The fraction of sp³-hybridized carbons (Fsp3) is 0.417. The minimum atomic E-state index is -0.579. The summed E-state index contributed by atoms with van der Waals surface area (Å²) in [5, 5.41) is 13.5. The van der Waals surface area contributed by atoms with E-state index in [0.717, 1.165) is 19.3 Å². The molecule has 0 aliphatic heterocycles. The van der Waals surface area contributed by atoms with Crippen molar-refractivity contribution in [2.24, 2.45) is 0 Å². The van der Waals surface area contributed by atoms with Gasteiger partial charge in [-0.1, -0.05) is 43.0 Å². The average Bonchev–Trinajstić information content (AvgIpc) is 2.34. The van der Waals surface area contributed by atoms with Crippen molar-refractivity contribution in [3.8, 4) is 0 Å². The third kappa shape index (κ3) is 4.72. The van der Waals surface area contributed by atoms with Crippen molar-refractivity contribution in [1.29, 1.82) is 0 Å². The molecule has 0 heterocycles. The number of nitrogens with one attached hydrogen (secondary N) is 1. The molecule has 1 aromatic rings. The molecule has 100 valence electrons. The van der Waals surface area contributed by atoms with E-state index in [1.54, 1.807) is 12.1 Å². The zero-order chi connectivity index (χ0) is 13.5. The summed E-state index contributed by atoms with van der Waals surface area (Å²) in [5.74, 6) is 0. The van der Waals surface area contributed by atoms with Gasteiger partial charge in [0, 0.05) is 5.69 Å². The van der Waals surface area contributed by atoms with Crippen LogP contribution in [-0.2, 0) is 0 Å². The Morgan fingerprint density at radius 1 is 1.33 bits per heavy atom. The lowest BCUT2D eigenvalue weighted by molar-refractivity contribution is -0.0381. The number of urea groups is 1. The summed E-state index contributed by atoms with van der Waals surface area (Å²) in [6, 6.07) is 4.15. The predicted molar refractivity (Wildman–Crippen MR) is 73.5 cm³/mol. The van der Waals surface area contributed by atoms with Gasteiger partial charge in [0.2, 0.25) is 0 Å². The summed E-state index contributed by atoms with van der Waals surface area (Å²) >= 11 is 11.6. The number of amides is 2. The number of carbonyl (C=O) groups excluding carboxylic acids is 1. The number of rotatable bonds is 5. The number of benzene rings is 1. The lowest BCUT2D eigenvalue weighted by Crippen LogP contribution is -2.32. The van der Waals surface area contributed by atoms with E-state index in [4.69, 9.17) is 23.2 Å². The molecule has 0 spiro atoms. The maximum atomic E-state index is 11.6. The Bertz CT molecular complexity index is 413. The van der Waals surface area contributed by atoms with E-state index < -0.39 is 6.03 Å². The van der Waals surface area contributed by atoms with Crippen molar-refractivity contribution < 1.29 is 10.0 Å². The van der Waals surface area contributed by atoms with Crippen LogP contribution in [0, 0.1) is 0 Å². The van der Waals surface area contributed by atoms with E-state index >= 15 is 0 Å². The lowest BCUT2D eigenvalue weighted by Gasteiger charge is -2.15. The smallest absolute Gasteiger partial charge is 0.306 e. The molecule has 0 saturated carbocycles. The first-order chi connectivity index (χ1) is 8.54. The zero-order valence-corrected chi connectivity index (χ0v) is 11.6. The molecule has 0 saturated heterocycles. The number of hydrogen-bond acceptors (Lipinski definition) is 2. The van der Waals surface area contributed by atoms with Gasteiger partial charge in [-0.15, -0.1) is 0 Å². The number of nitrogens with zero attached hydrogens (tertiary/aromatic N) is 1. The number of carbonyl (C=O) groups is 1. The Balaban J connectivity index is 2.50. The number of anilines is 1. The molecule has 4 nitrogen and oxygen atoms in total. The minimum absolute atomic E-state index is 0.307. The number of halogens is 2. The van der Waals surface area contributed by atoms with Crippen LogP contribution in [0.4, 0.5) is 10.5 Å². The monoisotopic (exact) mass is 290 g/mol. The molecule has 0 aliphatic carbocycles. The fourth-order valence-corrected chi connectivity index (χ4v) is 1.67. The lowest BCUT2D eigenvalue weighted by atomic mass is 10.2. The molecule has 0 aliphatic rings. The standard InChI is InChI=1S/C12H16Cl2N2O2/c1-2-3-4-7-16(18)12(17)15-9-5-6-10(13)11(14)8-9/h5-6,8,18H,2-4,7H2,1H3,(H,15,17). The van der Waals surface area contributed by atoms with Crippen molar-refractivity contribution in [1.82, 2.24) is 5.06 Å². The van der Waals surface area contributed by atoms with E-state index in [0.29, 0.717) is 27.3 Å². The van der Waals surface area contributed by atoms with Gasteiger partial charge in [-0.25, -0.2) is 9.86 Å². The number of hydrogen-bond donors (Lipinski definition) is 2. The van der Waals surface area contributed by atoms with Crippen LogP contribution >= 0.6 is 23.2 Å². The molecule has 0 radical (unpaired) electrons. The van der Waals surface area contributed by atoms with Crippen LogP contribution in [0.1, 0.15) is 26.2 Å². The average molecular weight is 291 g/mol. The Kier molecular flexibility index (Phi) is 6.25. The largest absolute Gasteiger partial charge is 0.345 e. The van der Waals surface area contributed by atoms with Gasteiger partial charge in [-0.3, -0.25) is 5.21 Å². The molecule has 6 heteroatoms. The highest BCUT2D eigenvalue weighted by molar-refractivity contribution is 6.42. The summed E-state index contributed by atoms with van der Waals surface area (Å²) in [6.45, 7) is 2.36. The van der Waals surface area contributed by atoms with Gasteiger partial charge in [0.1, 0.15) is 0 Å². The van der Waals surface area contributed by atoms with Gasteiger partial charge in [-0.2, -0.15) is 0 Å². The summed E-state index contributed by atoms with van der Waals surface area (Å²) in [6.07, 6.45) is 2.77. The Labute approximate surface area is 116 Å². The van der Waals surface area contributed by atoms with E-state index in [1.807, 2.05) is 0 Å². The highest BCUT2D eigenvalue weighted by atomic mass is 35.5. The topological polar surface area (TPSA) is 52.6 Å². The number of hydroxylamine groups is 2. The van der Waals surface area contributed by atoms with Crippen molar-refractivity contribution in [2.45, 2.75) is 26.2 Å². The Hall–Kier alpha value is -0.970. The molecule has 0 unspecified atom stereocenters. The van der Waals surface area contributed by atoms with Crippen LogP contribution in [0.3, 0.4) is 0 Å². The first kappa shape index (κ1) is 15.1. The normalized spacial score (nSPS) is 10.2. The van der Waals surface area contributed by atoms with Gasteiger partial charge >= 0.3 is 6.03 Å². The first-order valence-electron chi connectivity index (χ1n) is 5.77. The van der Waals surface area contributed by atoms with E-state index in [1.165, 1.54) is 6.07 Å². The highest BCUT2D eigenvalue weighted by Gasteiger charge is 2.10. The third-order valence-corrected chi connectivity index (χ3v) is 3.12. The second kappa shape index (κ2) is 7.46. The van der Waals surface area contributed by atoms with Crippen LogP contribution in [-0.4, -0.2) is 22.8 Å². The minimum Gasteiger partial charge on any atom is -0.306 e. The predicted octanol–water partition coefficient (Wildman–Crippen LogP) is 4.41. The van der Waals surface area contributed by atoms with Crippen LogP contribution in [0.2, 0.25) is 10.0 Å². The summed E-state index contributed by atoms with van der Waals surface area (Å²) in [7, 11) is 0. The van der Waals surface area contributed by atoms with Gasteiger partial charge in [-0.05, 0) is 24.6 Å². The third-order valence-electron chi connectivity index (χ3n) is 2.38. The first-order valence-corrected chi connectivity index (χ1v) is 6.52. The van der Waals surface area contributed by atoms with Crippen molar-refractivity contribution >= 4 is 34.9 Å². The van der Waals surface area contributed by atoms with E-state index in [-0.39, 0.29) is 0 Å². The molecule has 0 fully saturated rings. The van der Waals surface area contributed by atoms with Crippen LogP contribution in [0.5, 0.6) is 0 Å². The summed E-state index contributed by atoms with van der Waals surface area (Å²) in [4.78, 5) is 11.6. The van der Waals surface area contributed by atoms with E-state index in [9.17, 15) is 10.0 Å². The maximum Gasteiger partial charge on any atom is 0.345 e. The van der Waals surface area contributed by atoms with Crippen LogP contribution in [0.15, 0.2) is 18.2 Å². The molecule has 2 N–H and O–H groups in total. The van der Waals surface area contributed by atoms with E-state index in [2.05, 4.69) is 12.2 Å². The fourth-order valence-electron chi connectivity index (χ4n) is 1.38. The number of unbranched alkanes of at least 4 members (excludes halogenated alkanes) is 2. The zero-order valence-electron chi connectivity index (χ0n) is 10.1. The highest BCUT2D eigenvalue weighted by Crippen LogP contribution is 2.25. The van der Waals surface area contributed by atoms with Crippen molar-refractivity contribution in [2.75, 3.05) is 11.9 Å². The molecule has 1 rings (SSSR count). The molecule has 18 heavy (non-hydrogen) atoms. The summed E-state index contributed by atoms with van der Waals surface area (Å²) < 4.78 is 0. The van der Waals surface area contributed by atoms with Crippen molar-refractivity contribution in [3.05, 3.63) is 28.2 Å². The molecular weight excluding hydrogens is 275 g/mol. The molecule has 2 amide bonds. The SMILES string of the molecule is CCCCCN(O)C(=O)Nc1ccc(Cl)c(Cl)c1. The van der Waals surface area contributed by atoms with Gasteiger partial charge < -0.3 is 5.32 Å². The van der Waals surface area contributed by atoms with Gasteiger partial charge in [0.15, 0.2) is 0 Å². The van der Waals surface area contributed by atoms with Gasteiger partial charge in [0.05, 0.1) is 16.6 Å². The molecule has 0 aromatic heterocycles. The maximum absolute atomic E-state index is 11.6. The molecular formula is C12H16Cl2N2O2. The second-order valence-electron chi connectivity index (χ2n) is 3.89. The van der Waals surface area contributed by atoms with Crippen LogP contribution < -0.4 is 5.32 Å². The molecule has 0 bridgehead atoms.